The highest BCUT2D eigenvalue weighted by molar-refractivity contribution is 5.96. The first-order valence-corrected chi connectivity index (χ1v) is 6.64. The Labute approximate surface area is 121 Å². The molecule has 2 aromatic carbocycles. The third-order valence-electron chi connectivity index (χ3n) is 3.53. The van der Waals surface area contributed by atoms with Crippen molar-refractivity contribution in [2.24, 2.45) is 0 Å². The lowest BCUT2D eigenvalue weighted by atomic mass is 10.1. The largest absolute Gasteiger partial charge is 0.491 e. The van der Waals surface area contributed by atoms with E-state index in [0.29, 0.717) is 17.9 Å². The highest BCUT2D eigenvalue weighted by atomic mass is 19.1. The fraction of sp³-hybridized carbons (Fsp3) is 0.188. The zero-order valence-corrected chi connectivity index (χ0v) is 11.5. The molecule has 0 fully saturated rings. The number of ether oxygens (including phenoxy) is 1. The molecule has 0 bridgehead atoms. The molecule has 0 radical (unpaired) electrons. The molecule has 3 rings (SSSR count). The van der Waals surface area contributed by atoms with Crippen molar-refractivity contribution in [1.29, 1.82) is 0 Å². The van der Waals surface area contributed by atoms with Gasteiger partial charge in [0.05, 0.1) is 11.6 Å². The molecule has 0 spiro atoms. The number of carbonyl (C=O) groups excluding carboxylic acids is 1. The van der Waals surface area contributed by atoms with Gasteiger partial charge in [0.2, 0.25) is 0 Å². The molecule has 108 valence electrons. The number of carbonyl (C=O) groups is 1. The van der Waals surface area contributed by atoms with Gasteiger partial charge in [0.15, 0.2) is 0 Å². The molecule has 4 nitrogen and oxygen atoms in total. The first kappa shape index (κ1) is 13.4. The molecule has 5 heteroatoms. The lowest BCUT2D eigenvalue weighted by Gasteiger charge is -2.13. The number of halogens is 1. The highest BCUT2D eigenvalue weighted by Gasteiger charge is 2.26. The number of nitrogens with one attached hydrogen (secondary N) is 1. The molecule has 0 aliphatic carbocycles. The van der Waals surface area contributed by atoms with Crippen LogP contribution in [0.2, 0.25) is 0 Å². The number of nitrogens with two attached hydrogens (primary N) is 1. The van der Waals surface area contributed by atoms with E-state index >= 15 is 0 Å². The van der Waals surface area contributed by atoms with Crippen LogP contribution in [0, 0.1) is 12.7 Å². The number of aryl methyl sites for hydroxylation is 1. The van der Waals surface area contributed by atoms with Crippen LogP contribution in [0.4, 0.5) is 10.1 Å². The van der Waals surface area contributed by atoms with Crippen molar-refractivity contribution in [3.05, 3.63) is 58.9 Å². The zero-order chi connectivity index (χ0) is 15.0. The summed E-state index contributed by atoms with van der Waals surface area (Å²) >= 11 is 0. The number of amides is 1. The van der Waals surface area contributed by atoms with Crippen LogP contribution in [-0.4, -0.2) is 12.5 Å². The smallest absolute Gasteiger partial charge is 0.254 e. The molecular weight excluding hydrogens is 271 g/mol. The van der Waals surface area contributed by atoms with Crippen LogP contribution >= 0.6 is 0 Å². The molecule has 1 atom stereocenters. The van der Waals surface area contributed by atoms with Crippen LogP contribution in [-0.2, 0) is 0 Å². The Balaban J connectivity index is 1.85. The van der Waals surface area contributed by atoms with Gasteiger partial charge in [0, 0.05) is 11.3 Å². The van der Waals surface area contributed by atoms with Crippen molar-refractivity contribution in [2.75, 3.05) is 12.3 Å². The first-order chi connectivity index (χ1) is 10.1. The summed E-state index contributed by atoms with van der Waals surface area (Å²) in [6.45, 7) is 1.92. The van der Waals surface area contributed by atoms with Gasteiger partial charge in [-0.1, -0.05) is 18.2 Å². The molecular formula is C16H15FN2O2. The summed E-state index contributed by atoms with van der Waals surface area (Å²) in [6, 6.07) is 10.0. The molecule has 2 aromatic rings. The van der Waals surface area contributed by atoms with Gasteiger partial charge in [-0.05, 0) is 30.7 Å². The molecule has 1 unspecified atom stereocenters. The molecule has 0 saturated heterocycles. The third-order valence-corrected chi connectivity index (χ3v) is 3.53. The lowest BCUT2D eigenvalue weighted by molar-refractivity contribution is 0.0926. The van der Waals surface area contributed by atoms with E-state index < -0.39 is 11.7 Å². The van der Waals surface area contributed by atoms with Gasteiger partial charge in [0.25, 0.3) is 5.91 Å². The van der Waals surface area contributed by atoms with Crippen molar-refractivity contribution in [1.82, 2.24) is 5.32 Å². The van der Waals surface area contributed by atoms with E-state index in [1.807, 2.05) is 24.3 Å². The van der Waals surface area contributed by atoms with Gasteiger partial charge in [-0.25, -0.2) is 4.39 Å². The molecule has 21 heavy (non-hydrogen) atoms. The molecule has 3 N–H and O–H groups in total. The second-order valence-corrected chi connectivity index (χ2v) is 5.07. The lowest BCUT2D eigenvalue weighted by Crippen LogP contribution is -2.30. The molecule has 1 heterocycles. The summed E-state index contributed by atoms with van der Waals surface area (Å²) in [7, 11) is 0. The van der Waals surface area contributed by atoms with E-state index in [1.54, 1.807) is 6.92 Å². The number of hydrogen-bond donors (Lipinski definition) is 2. The van der Waals surface area contributed by atoms with Gasteiger partial charge in [-0.3, -0.25) is 4.79 Å². The second-order valence-electron chi connectivity index (χ2n) is 5.07. The topological polar surface area (TPSA) is 64.4 Å². The maximum absolute atomic E-state index is 14.1. The third kappa shape index (κ3) is 2.42. The van der Waals surface area contributed by atoms with Crippen LogP contribution in [0.25, 0.3) is 0 Å². The van der Waals surface area contributed by atoms with Gasteiger partial charge >= 0.3 is 0 Å². The van der Waals surface area contributed by atoms with E-state index in [4.69, 9.17) is 10.5 Å². The predicted octanol–water partition coefficient (Wildman–Crippen LogP) is 2.58. The minimum atomic E-state index is -0.547. The van der Waals surface area contributed by atoms with Crippen LogP contribution in [0.1, 0.15) is 27.5 Å². The summed E-state index contributed by atoms with van der Waals surface area (Å²) < 4.78 is 19.5. The summed E-state index contributed by atoms with van der Waals surface area (Å²) in [5.41, 5.74) is 7.24. The zero-order valence-electron chi connectivity index (χ0n) is 11.5. The Bertz CT molecular complexity index is 715. The molecule has 1 aliphatic heterocycles. The monoisotopic (exact) mass is 286 g/mol. The number of fused-ring (bicyclic) bond motifs is 1. The summed E-state index contributed by atoms with van der Waals surface area (Å²) in [5, 5.41) is 2.79. The van der Waals surface area contributed by atoms with Crippen molar-refractivity contribution >= 4 is 11.6 Å². The Morgan fingerprint density at radius 3 is 2.95 bits per heavy atom. The van der Waals surface area contributed by atoms with Crippen LogP contribution in [0.5, 0.6) is 5.75 Å². The fourth-order valence-electron chi connectivity index (χ4n) is 2.48. The van der Waals surface area contributed by atoms with Crippen molar-refractivity contribution in [3.63, 3.8) is 0 Å². The number of anilines is 1. The fourth-order valence-corrected chi connectivity index (χ4v) is 2.48. The quantitative estimate of drug-likeness (QED) is 0.834. The highest BCUT2D eigenvalue weighted by Crippen LogP contribution is 2.32. The second kappa shape index (κ2) is 5.09. The predicted molar refractivity (Wildman–Crippen MR) is 77.7 cm³/mol. The Hall–Kier alpha value is -2.56. The maximum Gasteiger partial charge on any atom is 0.254 e. The summed E-state index contributed by atoms with van der Waals surface area (Å²) in [5.74, 6) is -0.297. The Morgan fingerprint density at radius 1 is 1.38 bits per heavy atom. The van der Waals surface area contributed by atoms with E-state index in [9.17, 15) is 9.18 Å². The van der Waals surface area contributed by atoms with E-state index in [0.717, 1.165) is 11.3 Å². The summed E-state index contributed by atoms with van der Waals surface area (Å²) in [6.07, 6.45) is 0. The first-order valence-electron chi connectivity index (χ1n) is 6.64. The van der Waals surface area contributed by atoms with Crippen molar-refractivity contribution < 1.29 is 13.9 Å². The minimum absolute atomic E-state index is 0.0446. The normalized spacial score (nSPS) is 16.2. The molecule has 1 aliphatic rings. The van der Waals surface area contributed by atoms with Crippen LogP contribution in [0.3, 0.4) is 0 Å². The Kier molecular flexibility index (Phi) is 3.25. The van der Waals surface area contributed by atoms with Gasteiger partial charge in [0.1, 0.15) is 18.2 Å². The van der Waals surface area contributed by atoms with Gasteiger partial charge in [-0.15, -0.1) is 0 Å². The van der Waals surface area contributed by atoms with E-state index in [2.05, 4.69) is 5.32 Å². The SMILES string of the molecule is Cc1cc(N)cc(C(=O)NC2COc3ccccc32)c1F. The molecule has 0 saturated carbocycles. The van der Waals surface area contributed by atoms with Gasteiger partial charge in [-0.2, -0.15) is 0 Å². The van der Waals surface area contributed by atoms with Crippen molar-refractivity contribution in [2.45, 2.75) is 13.0 Å². The van der Waals surface area contributed by atoms with Crippen molar-refractivity contribution in [3.8, 4) is 5.75 Å². The number of nitrogen functional groups attached to an aromatic ring is 1. The summed E-state index contributed by atoms with van der Waals surface area (Å²) in [4.78, 5) is 12.3. The number of hydrogen-bond acceptors (Lipinski definition) is 3. The van der Waals surface area contributed by atoms with Gasteiger partial charge < -0.3 is 15.8 Å². The van der Waals surface area contributed by atoms with E-state index in [-0.39, 0.29) is 11.6 Å². The average molecular weight is 286 g/mol. The van der Waals surface area contributed by atoms with Crippen LogP contribution < -0.4 is 15.8 Å². The molecule has 1 amide bonds. The van der Waals surface area contributed by atoms with E-state index in [1.165, 1.54) is 12.1 Å². The number of rotatable bonds is 2. The number of para-hydroxylation sites is 1. The Morgan fingerprint density at radius 2 is 2.14 bits per heavy atom. The maximum atomic E-state index is 14.1. The standard InChI is InChI=1S/C16H15FN2O2/c1-9-6-10(18)7-12(15(9)17)16(20)19-13-8-21-14-5-3-2-4-11(13)14/h2-7,13H,8,18H2,1H3,(H,19,20). The number of benzene rings is 2. The minimum Gasteiger partial charge on any atom is -0.491 e. The van der Waals surface area contributed by atoms with Crippen LogP contribution in [0.15, 0.2) is 36.4 Å². The average Bonchev–Trinajstić information content (AvgIpc) is 2.86. The molecule has 0 aromatic heterocycles.